The minimum absolute atomic E-state index is 0.172. The lowest BCUT2D eigenvalue weighted by atomic mass is 10.1. The predicted octanol–water partition coefficient (Wildman–Crippen LogP) is 5.98. The molecule has 128 valence electrons. The molecular weight excluding hydrogens is 337 g/mol. The molecule has 0 aliphatic rings. The molecule has 3 rings (SSSR count). The Morgan fingerprint density at radius 1 is 0.960 bits per heavy atom. The van der Waals surface area contributed by atoms with Gasteiger partial charge in [0, 0.05) is 28.4 Å². The molecule has 25 heavy (non-hydrogen) atoms. The van der Waals surface area contributed by atoms with Crippen molar-refractivity contribution in [1.82, 2.24) is 0 Å². The van der Waals surface area contributed by atoms with Crippen LogP contribution in [0.3, 0.4) is 0 Å². The molecule has 0 fully saturated rings. The lowest BCUT2D eigenvalue weighted by molar-refractivity contribution is 0.297. The second-order valence-corrected chi connectivity index (χ2v) is 6.29. The standard InChI is InChI=1S/C21H19ClFNO/c1-15-6-9-19(10-7-15)24-13-17-12-18(22)8-11-21(17)25-14-16-4-2-3-5-20(16)23/h2-12,24H,13-14H2,1H3. The maximum atomic E-state index is 13.7. The Kier molecular flexibility index (Phi) is 5.56. The van der Waals surface area contributed by atoms with E-state index in [1.807, 2.05) is 24.3 Å². The Bertz CT molecular complexity index is 849. The van der Waals surface area contributed by atoms with Crippen molar-refractivity contribution in [2.24, 2.45) is 0 Å². The van der Waals surface area contributed by atoms with Crippen LogP contribution in [0.1, 0.15) is 16.7 Å². The molecule has 3 aromatic carbocycles. The van der Waals surface area contributed by atoms with Gasteiger partial charge in [-0.25, -0.2) is 4.39 Å². The van der Waals surface area contributed by atoms with Crippen LogP contribution in [0.5, 0.6) is 5.75 Å². The van der Waals surface area contributed by atoms with Gasteiger partial charge in [-0.1, -0.05) is 47.5 Å². The van der Waals surface area contributed by atoms with Crippen LogP contribution in [0.4, 0.5) is 10.1 Å². The molecule has 4 heteroatoms. The average molecular weight is 356 g/mol. The molecule has 0 aromatic heterocycles. The number of nitrogens with one attached hydrogen (secondary N) is 1. The molecule has 0 atom stereocenters. The van der Waals surface area contributed by atoms with Gasteiger partial charge in [-0.05, 0) is 43.3 Å². The summed E-state index contributed by atoms with van der Waals surface area (Å²) in [5.74, 6) is 0.419. The smallest absolute Gasteiger partial charge is 0.129 e. The highest BCUT2D eigenvalue weighted by atomic mass is 35.5. The Morgan fingerprint density at radius 2 is 1.72 bits per heavy atom. The maximum Gasteiger partial charge on any atom is 0.129 e. The number of halogens is 2. The van der Waals surface area contributed by atoms with Gasteiger partial charge >= 0.3 is 0 Å². The summed E-state index contributed by atoms with van der Waals surface area (Å²) in [6.45, 7) is 2.79. The van der Waals surface area contributed by atoms with E-state index < -0.39 is 0 Å². The molecule has 0 aliphatic heterocycles. The van der Waals surface area contributed by atoms with Crippen LogP contribution in [-0.2, 0) is 13.2 Å². The molecule has 2 nitrogen and oxygen atoms in total. The summed E-state index contributed by atoms with van der Waals surface area (Å²) in [4.78, 5) is 0. The third kappa shape index (κ3) is 4.74. The van der Waals surface area contributed by atoms with Crippen molar-refractivity contribution in [3.8, 4) is 5.75 Å². The number of aryl methyl sites for hydroxylation is 1. The zero-order valence-corrected chi connectivity index (χ0v) is 14.7. The average Bonchev–Trinajstić information content (AvgIpc) is 2.62. The zero-order valence-electron chi connectivity index (χ0n) is 13.9. The number of rotatable bonds is 6. The molecule has 0 spiro atoms. The van der Waals surface area contributed by atoms with Crippen LogP contribution >= 0.6 is 11.6 Å². The lowest BCUT2D eigenvalue weighted by Gasteiger charge is -2.14. The predicted molar refractivity (Wildman–Crippen MR) is 101 cm³/mol. The Balaban J connectivity index is 1.71. The van der Waals surface area contributed by atoms with Crippen molar-refractivity contribution >= 4 is 17.3 Å². The summed E-state index contributed by atoms with van der Waals surface area (Å²) < 4.78 is 19.6. The second kappa shape index (κ2) is 8.04. The summed E-state index contributed by atoms with van der Waals surface area (Å²) in [5, 5.41) is 3.99. The van der Waals surface area contributed by atoms with Crippen molar-refractivity contribution in [2.75, 3.05) is 5.32 Å². The first-order valence-electron chi connectivity index (χ1n) is 8.07. The highest BCUT2D eigenvalue weighted by molar-refractivity contribution is 6.30. The normalized spacial score (nSPS) is 10.5. The van der Waals surface area contributed by atoms with E-state index in [0.29, 0.717) is 22.9 Å². The van der Waals surface area contributed by atoms with Crippen molar-refractivity contribution in [1.29, 1.82) is 0 Å². The van der Waals surface area contributed by atoms with Gasteiger partial charge in [0.05, 0.1) is 0 Å². The van der Waals surface area contributed by atoms with Crippen LogP contribution in [-0.4, -0.2) is 0 Å². The summed E-state index contributed by atoms with van der Waals surface area (Å²) in [6, 6.07) is 20.2. The molecule has 3 aromatic rings. The molecule has 0 bridgehead atoms. The summed E-state index contributed by atoms with van der Waals surface area (Å²) >= 11 is 6.12. The number of benzene rings is 3. The van der Waals surface area contributed by atoms with E-state index in [1.165, 1.54) is 11.6 Å². The van der Waals surface area contributed by atoms with Gasteiger partial charge in [-0.15, -0.1) is 0 Å². The van der Waals surface area contributed by atoms with Gasteiger partial charge in [-0.2, -0.15) is 0 Å². The SMILES string of the molecule is Cc1ccc(NCc2cc(Cl)ccc2OCc2ccccc2F)cc1. The fourth-order valence-corrected chi connectivity index (χ4v) is 2.66. The fourth-order valence-electron chi connectivity index (χ4n) is 2.47. The number of hydrogen-bond acceptors (Lipinski definition) is 2. The summed E-state index contributed by atoms with van der Waals surface area (Å²) in [5.41, 5.74) is 3.67. The Labute approximate surface area is 152 Å². The van der Waals surface area contributed by atoms with Gasteiger partial charge in [0.1, 0.15) is 18.2 Å². The first-order chi connectivity index (χ1) is 12.1. The van der Waals surface area contributed by atoms with Gasteiger partial charge in [0.2, 0.25) is 0 Å². The van der Waals surface area contributed by atoms with Crippen LogP contribution in [0.15, 0.2) is 66.7 Å². The first-order valence-corrected chi connectivity index (χ1v) is 8.45. The molecule has 0 saturated carbocycles. The first kappa shape index (κ1) is 17.3. The summed E-state index contributed by atoms with van der Waals surface area (Å²) in [7, 11) is 0. The van der Waals surface area contributed by atoms with Gasteiger partial charge in [-0.3, -0.25) is 0 Å². The number of anilines is 1. The van der Waals surface area contributed by atoms with Crippen molar-refractivity contribution in [3.05, 3.63) is 94.3 Å². The topological polar surface area (TPSA) is 21.3 Å². The van der Waals surface area contributed by atoms with Crippen LogP contribution in [0, 0.1) is 12.7 Å². The minimum Gasteiger partial charge on any atom is -0.488 e. The Hall–Kier alpha value is -2.52. The summed E-state index contributed by atoms with van der Waals surface area (Å²) in [6.07, 6.45) is 0. The van der Waals surface area contributed by atoms with Gasteiger partial charge in [0.25, 0.3) is 0 Å². The maximum absolute atomic E-state index is 13.7. The van der Waals surface area contributed by atoms with E-state index >= 15 is 0 Å². The number of hydrogen-bond donors (Lipinski definition) is 1. The van der Waals surface area contributed by atoms with E-state index in [9.17, 15) is 4.39 Å². The fraction of sp³-hybridized carbons (Fsp3) is 0.143. The largest absolute Gasteiger partial charge is 0.488 e. The quantitative estimate of drug-likeness (QED) is 0.587. The van der Waals surface area contributed by atoms with E-state index in [4.69, 9.17) is 16.3 Å². The molecular formula is C21H19ClFNO. The van der Waals surface area contributed by atoms with E-state index in [1.54, 1.807) is 24.3 Å². The lowest BCUT2D eigenvalue weighted by Crippen LogP contribution is -2.04. The Morgan fingerprint density at radius 3 is 2.48 bits per heavy atom. The monoisotopic (exact) mass is 355 g/mol. The van der Waals surface area contributed by atoms with Crippen molar-refractivity contribution in [2.45, 2.75) is 20.1 Å². The highest BCUT2D eigenvalue weighted by Crippen LogP contribution is 2.25. The van der Waals surface area contributed by atoms with E-state index in [-0.39, 0.29) is 12.4 Å². The molecule has 0 unspecified atom stereocenters. The third-order valence-electron chi connectivity index (χ3n) is 3.90. The van der Waals surface area contributed by atoms with E-state index in [0.717, 1.165) is 11.3 Å². The number of ether oxygens (including phenoxy) is 1. The van der Waals surface area contributed by atoms with Crippen molar-refractivity contribution < 1.29 is 9.13 Å². The van der Waals surface area contributed by atoms with E-state index in [2.05, 4.69) is 24.4 Å². The van der Waals surface area contributed by atoms with Crippen LogP contribution in [0.2, 0.25) is 5.02 Å². The second-order valence-electron chi connectivity index (χ2n) is 5.85. The zero-order chi connectivity index (χ0) is 17.6. The molecule has 0 heterocycles. The van der Waals surface area contributed by atoms with Crippen LogP contribution in [0.25, 0.3) is 0 Å². The minimum atomic E-state index is -0.268. The molecule has 0 aliphatic carbocycles. The van der Waals surface area contributed by atoms with Gasteiger partial charge < -0.3 is 10.1 Å². The molecule has 0 saturated heterocycles. The van der Waals surface area contributed by atoms with Gasteiger partial charge in [0.15, 0.2) is 0 Å². The molecule has 1 N–H and O–H groups in total. The highest BCUT2D eigenvalue weighted by Gasteiger charge is 2.07. The molecule has 0 amide bonds. The van der Waals surface area contributed by atoms with Crippen LogP contribution < -0.4 is 10.1 Å². The van der Waals surface area contributed by atoms with Crippen molar-refractivity contribution in [3.63, 3.8) is 0 Å². The molecule has 0 radical (unpaired) electrons. The third-order valence-corrected chi connectivity index (χ3v) is 4.13.